The summed E-state index contributed by atoms with van der Waals surface area (Å²) in [7, 11) is 0. The van der Waals surface area contributed by atoms with Crippen LogP contribution in [0, 0.1) is 0 Å². The van der Waals surface area contributed by atoms with Crippen molar-refractivity contribution in [1.82, 2.24) is 5.32 Å². The molecule has 2 aliphatic rings. The maximum atomic E-state index is 10.5. The van der Waals surface area contributed by atoms with Gasteiger partial charge in [-0.1, -0.05) is 12.2 Å². The van der Waals surface area contributed by atoms with Gasteiger partial charge in [0.05, 0.1) is 18.2 Å². The lowest BCUT2D eigenvalue weighted by molar-refractivity contribution is -0.107. The first-order valence-corrected chi connectivity index (χ1v) is 4.83. The monoisotopic (exact) mass is 183 g/mol. The molecule has 0 spiro atoms. The van der Waals surface area contributed by atoms with Gasteiger partial charge in [0.25, 0.3) is 0 Å². The van der Waals surface area contributed by atoms with E-state index in [1.54, 1.807) is 0 Å². The van der Waals surface area contributed by atoms with Crippen LogP contribution in [0.5, 0.6) is 0 Å². The van der Waals surface area contributed by atoms with E-state index in [-0.39, 0.29) is 6.04 Å². The third-order valence-corrected chi connectivity index (χ3v) is 3.29. The Kier molecular flexibility index (Phi) is 1.98. The molecule has 3 heteroatoms. The van der Waals surface area contributed by atoms with Crippen LogP contribution >= 0.6 is 0 Å². The molecule has 2 atom stereocenters. The van der Waals surface area contributed by atoms with E-state index in [0.29, 0.717) is 13.0 Å². The Labute approximate surface area is 78.8 Å². The summed E-state index contributed by atoms with van der Waals surface area (Å²) in [4.78, 5) is 0. The summed E-state index contributed by atoms with van der Waals surface area (Å²) in [6.07, 6.45) is 4.80. The van der Waals surface area contributed by atoms with Crippen LogP contribution in [0.4, 0.5) is 0 Å². The number of nitrogens with one attached hydrogen (secondary N) is 1. The maximum absolute atomic E-state index is 10.5. The molecule has 1 saturated heterocycles. The van der Waals surface area contributed by atoms with E-state index in [2.05, 4.69) is 11.4 Å². The Morgan fingerprint density at radius 3 is 2.77 bits per heavy atom. The Morgan fingerprint density at radius 1 is 1.54 bits per heavy atom. The van der Waals surface area contributed by atoms with Gasteiger partial charge in [-0.3, -0.25) is 0 Å². The highest BCUT2D eigenvalue weighted by Gasteiger charge is 2.53. The van der Waals surface area contributed by atoms with Gasteiger partial charge >= 0.3 is 0 Å². The molecular formula is C10H17NO2. The highest BCUT2D eigenvalue weighted by atomic mass is 16.5. The molecule has 3 nitrogen and oxygen atoms in total. The molecule has 0 aliphatic carbocycles. The number of hydrogen-bond acceptors (Lipinski definition) is 3. The van der Waals surface area contributed by atoms with Gasteiger partial charge in [0.2, 0.25) is 0 Å². The summed E-state index contributed by atoms with van der Waals surface area (Å²) >= 11 is 0. The van der Waals surface area contributed by atoms with Gasteiger partial charge in [-0.15, -0.1) is 0 Å². The van der Waals surface area contributed by atoms with Gasteiger partial charge in [0.1, 0.15) is 5.60 Å². The number of ether oxygens (including phenoxy) is 1. The molecule has 0 bridgehead atoms. The quantitative estimate of drug-likeness (QED) is 0.580. The van der Waals surface area contributed by atoms with Crippen molar-refractivity contribution < 1.29 is 9.84 Å². The molecule has 2 aliphatic heterocycles. The van der Waals surface area contributed by atoms with Crippen molar-refractivity contribution in [3.05, 3.63) is 12.2 Å². The summed E-state index contributed by atoms with van der Waals surface area (Å²) in [6, 6.07) is 0.0463. The number of rotatable bonds is 1. The summed E-state index contributed by atoms with van der Waals surface area (Å²) in [5, 5.41) is 13.7. The molecule has 2 N–H and O–H groups in total. The lowest BCUT2D eigenvalue weighted by Gasteiger charge is -2.39. The molecule has 0 saturated carbocycles. The minimum Gasteiger partial charge on any atom is -0.385 e. The van der Waals surface area contributed by atoms with Crippen LogP contribution in [0.3, 0.4) is 0 Å². The lowest BCUT2D eigenvalue weighted by Crippen LogP contribution is -2.58. The van der Waals surface area contributed by atoms with Crippen molar-refractivity contribution in [1.29, 1.82) is 0 Å². The fourth-order valence-electron chi connectivity index (χ4n) is 2.21. The van der Waals surface area contributed by atoms with Crippen LogP contribution in [-0.4, -0.2) is 35.5 Å². The van der Waals surface area contributed by atoms with Crippen molar-refractivity contribution in [2.45, 2.75) is 37.5 Å². The van der Waals surface area contributed by atoms with Crippen molar-refractivity contribution in [2.75, 3.05) is 13.2 Å². The molecule has 2 rings (SSSR count). The normalized spacial score (nSPS) is 42.8. The van der Waals surface area contributed by atoms with Crippen LogP contribution in [-0.2, 0) is 4.74 Å². The van der Waals surface area contributed by atoms with E-state index in [9.17, 15) is 5.11 Å². The van der Waals surface area contributed by atoms with Crippen LogP contribution in [0.15, 0.2) is 12.2 Å². The zero-order valence-electron chi connectivity index (χ0n) is 8.21. The van der Waals surface area contributed by atoms with Crippen molar-refractivity contribution in [3.8, 4) is 0 Å². The van der Waals surface area contributed by atoms with Crippen LogP contribution in [0.1, 0.15) is 20.3 Å². The van der Waals surface area contributed by atoms with Gasteiger partial charge in [-0.25, -0.2) is 0 Å². The fraction of sp³-hybridized carbons (Fsp3) is 0.800. The minimum absolute atomic E-state index is 0.0463. The molecule has 13 heavy (non-hydrogen) atoms. The molecular weight excluding hydrogens is 166 g/mol. The largest absolute Gasteiger partial charge is 0.385 e. The standard InChI is InChI=1S/C10H17NO2/c1-9(2)10(12,5-7-13-9)8-4-3-6-11-8/h3-4,8,11-12H,5-7H2,1-2H3. The molecule has 1 fully saturated rings. The van der Waals surface area contributed by atoms with Crippen molar-refractivity contribution >= 4 is 0 Å². The van der Waals surface area contributed by atoms with Gasteiger partial charge in [-0.2, -0.15) is 0 Å². The average Bonchev–Trinajstić information content (AvgIpc) is 2.61. The predicted molar refractivity (Wildman–Crippen MR) is 50.5 cm³/mol. The first kappa shape index (κ1) is 9.19. The predicted octanol–water partition coefficient (Wildman–Crippen LogP) is 0.444. The molecule has 2 unspecified atom stereocenters. The van der Waals surface area contributed by atoms with E-state index >= 15 is 0 Å². The van der Waals surface area contributed by atoms with Gasteiger partial charge in [0.15, 0.2) is 0 Å². The molecule has 2 heterocycles. The second kappa shape index (κ2) is 2.80. The summed E-state index contributed by atoms with van der Waals surface area (Å²) in [5.41, 5.74) is -1.20. The van der Waals surface area contributed by atoms with Crippen molar-refractivity contribution in [3.63, 3.8) is 0 Å². The molecule has 0 aromatic carbocycles. The van der Waals surface area contributed by atoms with Crippen LogP contribution < -0.4 is 5.32 Å². The van der Waals surface area contributed by atoms with E-state index in [4.69, 9.17) is 4.74 Å². The van der Waals surface area contributed by atoms with E-state index in [1.165, 1.54) is 0 Å². The first-order chi connectivity index (χ1) is 6.06. The maximum Gasteiger partial charge on any atom is 0.114 e. The Balaban J connectivity index is 2.23. The average molecular weight is 183 g/mol. The van der Waals surface area contributed by atoms with Gasteiger partial charge in [-0.05, 0) is 13.8 Å². The van der Waals surface area contributed by atoms with E-state index in [1.807, 2.05) is 19.9 Å². The second-order valence-corrected chi connectivity index (χ2v) is 4.35. The van der Waals surface area contributed by atoms with Crippen molar-refractivity contribution in [2.24, 2.45) is 0 Å². The van der Waals surface area contributed by atoms with Gasteiger partial charge < -0.3 is 15.2 Å². The van der Waals surface area contributed by atoms with Crippen LogP contribution in [0.2, 0.25) is 0 Å². The third kappa shape index (κ3) is 1.23. The Bertz CT molecular complexity index is 237. The highest BCUT2D eigenvalue weighted by Crippen LogP contribution is 2.39. The molecule has 0 radical (unpaired) electrons. The Hall–Kier alpha value is -0.380. The summed E-state index contributed by atoms with van der Waals surface area (Å²) in [6.45, 7) is 5.40. The smallest absolute Gasteiger partial charge is 0.114 e. The van der Waals surface area contributed by atoms with Crippen LogP contribution in [0.25, 0.3) is 0 Å². The minimum atomic E-state index is -0.750. The molecule has 0 amide bonds. The SMILES string of the molecule is CC1(C)OCCC1(O)C1C=CCN1. The summed E-state index contributed by atoms with van der Waals surface area (Å²) in [5.74, 6) is 0. The Morgan fingerprint density at radius 2 is 2.31 bits per heavy atom. The zero-order chi connectivity index (χ0) is 9.53. The van der Waals surface area contributed by atoms with E-state index in [0.717, 1.165) is 6.54 Å². The number of aliphatic hydroxyl groups is 1. The van der Waals surface area contributed by atoms with Gasteiger partial charge in [0, 0.05) is 13.0 Å². The third-order valence-electron chi connectivity index (χ3n) is 3.29. The molecule has 0 aromatic rings. The van der Waals surface area contributed by atoms with E-state index < -0.39 is 11.2 Å². The fourth-order valence-corrected chi connectivity index (χ4v) is 2.21. The highest BCUT2D eigenvalue weighted by molar-refractivity contribution is 5.17. The topological polar surface area (TPSA) is 41.5 Å². The first-order valence-electron chi connectivity index (χ1n) is 4.83. The summed E-state index contributed by atoms with van der Waals surface area (Å²) < 4.78 is 5.54. The molecule has 0 aromatic heterocycles. The lowest BCUT2D eigenvalue weighted by atomic mass is 9.79. The zero-order valence-corrected chi connectivity index (χ0v) is 8.21. The molecule has 74 valence electrons. The number of hydrogen-bond donors (Lipinski definition) is 2. The second-order valence-electron chi connectivity index (χ2n) is 4.35.